The van der Waals surface area contributed by atoms with E-state index in [0.29, 0.717) is 5.54 Å². The minimum atomic E-state index is 0.502. The average Bonchev–Trinajstić information content (AvgIpc) is 2.95. The molecule has 0 bridgehead atoms. The van der Waals surface area contributed by atoms with E-state index in [0.717, 1.165) is 5.92 Å². The molecule has 0 heterocycles. The van der Waals surface area contributed by atoms with Crippen molar-refractivity contribution in [2.45, 2.75) is 43.6 Å². The summed E-state index contributed by atoms with van der Waals surface area (Å²) >= 11 is 0. The van der Waals surface area contributed by atoms with Crippen LogP contribution in [0.3, 0.4) is 0 Å². The normalized spacial score (nSPS) is 26.3. The fourth-order valence-electron chi connectivity index (χ4n) is 3.04. The van der Waals surface area contributed by atoms with Crippen LogP contribution in [0.15, 0.2) is 24.3 Å². The molecule has 80 valence electrons. The van der Waals surface area contributed by atoms with Gasteiger partial charge in [0.2, 0.25) is 0 Å². The Morgan fingerprint density at radius 1 is 1.33 bits per heavy atom. The third-order valence-corrected chi connectivity index (χ3v) is 4.28. The summed E-state index contributed by atoms with van der Waals surface area (Å²) in [5.74, 6) is 0.816. The second kappa shape index (κ2) is 3.34. The van der Waals surface area contributed by atoms with Gasteiger partial charge in [-0.25, -0.2) is 0 Å². The molecule has 1 aromatic rings. The zero-order valence-electron chi connectivity index (χ0n) is 9.42. The molecule has 1 fully saturated rings. The van der Waals surface area contributed by atoms with Crippen molar-refractivity contribution in [3.8, 4) is 0 Å². The number of fused-ring (bicyclic) bond motifs is 1. The highest BCUT2D eigenvalue weighted by Gasteiger charge is 2.43. The Hall–Kier alpha value is -0.820. The van der Waals surface area contributed by atoms with Gasteiger partial charge in [-0.05, 0) is 56.2 Å². The summed E-state index contributed by atoms with van der Waals surface area (Å²) in [5.41, 5.74) is 3.72. The van der Waals surface area contributed by atoms with Crippen LogP contribution in [-0.2, 0) is 6.42 Å². The van der Waals surface area contributed by atoms with Gasteiger partial charge in [0.15, 0.2) is 0 Å². The molecule has 15 heavy (non-hydrogen) atoms. The van der Waals surface area contributed by atoms with E-state index < -0.39 is 0 Å². The highest BCUT2D eigenvalue weighted by molar-refractivity contribution is 5.35. The van der Waals surface area contributed by atoms with Gasteiger partial charge < -0.3 is 5.32 Å². The van der Waals surface area contributed by atoms with Gasteiger partial charge in [-0.15, -0.1) is 0 Å². The molecule has 1 nitrogen and oxygen atoms in total. The SMILES string of the molecule is CNC1(CC2CCc3ccccc32)CC1. The van der Waals surface area contributed by atoms with Crippen LogP contribution in [0, 0.1) is 0 Å². The first-order valence-corrected chi connectivity index (χ1v) is 6.10. The van der Waals surface area contributed by atoms with Crippen LogP contribution in [0.25, 0.3) is 0 Å². The first-order valence-electron chi connectivity index (χ1n) is 6.10. The summed E-state index contributed by atoms with van der Waals surface area (Å²) < 4.78 is 0. The van der Waals surface area contributed by atoms with Gasteiger partial charge >= 0.3 is 0 Å². The molecule has 1 atom stereocenters. The first-order chi connectivity index (χ1) is 7.33. The van der Waals surface area contributed by atoms with E-state index in [4.69, 9.17) is 0 Å². The standard InChI is InChI=1S/C14H19N/c1-15-14(8-9-14)10-12-7-6-11-4-2-3-5-13(11)12/h2-5,12,15H,6-10H2,1H3. The summed E-state index contributed by atoms with van der Waals surface area (Å²) in [6, 6.07) is 9.00. The van der Waals surface area contributed by atoms with Crippen LogP contribution in [0.1, 0.15) is 42.7 Å². The summed E-state index contributed by atoms with van der Waals surface area (Å²) in [5, 5.41) is 3.51. The predicted molar refractivity (Wildman–Crippen MR) is 63.1 cm³/mol. The number of hydrogen-bond acceptors (Lipinski definition) is 1. The lowest BCUT2D eigenvalue weighted by Gasteiger charge is -2.19. The van der Waals surface area contributed by atoms with Gasteiger partial charge in [0.25, 0.3) is 0 Å². The zero-order chi connectivity index (χ0) is 10.3. The molecule has 0 saturated heterocycles. The molecular formula is C14H19N. The summed E-state index contributed by atoms with van der Waals surface area (Å²) in [6.07, 6.45) is 6.76. The Morgan fingerprint density at radius 3 is 2.87 bits per heavy atom. The summed E-state index contributed by atoms with van der Waals surface area (Å²) in [6.45, 7) is 0. The highest BCUT2D eigenvalue weighted by atomic mass is 15.0. The number of nitrogens with one attached hydrogen (secondary N) is 1. The van der Waals surface area contributed by atoms with Crippen molar-refractivity contribution in [1.82, 2.24) is 5.32 Å². The Bertz CT molecular complexity index is 365. The molecule has 2 aliphatic rings. The van der Waals surface area contributed by atoms with Crippen molar-refractivity contribution in [2.24, 2.45) is 0 Å². The van der Waals surface area contributed by atoms with Gasteiger partial charge in [-0.2, -0.15) is 0 Å². The van der Waals surface area contributed by atoms with Crippen LogP contribution in [0.4, 0.5) is 0 Å². The Kier molecular flexibility index (Phi) is 2.10. The molecule has 1 N–H and O–H groups in total. The molecular weight excluding hydrogens is 182 g/mol. The third kappa shape index (κ3) is 1.59. The molecule has 0 amide bonds. The van der Waals surface area contributed by atoms with Crippen LogP contribution in [0.2, 0.25) is 0 Å². The van der Waals surface area contributed by atoms with E-state index in [1.807, 2.05) is 0 Å². The maximum Gasteiger partial charge on any atom is 0.0185 e. The van der Waals surface area contributed by atoms with E-state index in [1.165, 1.54) is 32.1 Å². The lowest BCUT2D eigenvalue weighted by molar-refractivity contribution is 0.450. The van der Waals surface area contributed by atoms with Crippen LogP contribution < -0.4 is 5.32 Å². The van der Waals surface area contributed by atoms with E-state index in [1.54, 1.807) is 11.1 Å². The van der Waals surface area contributed by atoms with E-state index >= 15 is 0 Å². The summed E-state index contributed by atoms with van der Waals surface area (Å²) in [4.78, 5) is 0. The fourth-order valence-corrected chi connectivity index (χ4v) is 3.04. The smallest absolute Gasteiger partial charge is 0.0185 e. The minimum absolute atomic E-state index is 0.502. The molecule has 1 heteroatoms. The van der Waals surface area contributed by atoms with Gasteiger partial charge in [-0.1, -0.05) is 24.3 Å². The maximum absolute atomic E-state index is 3.51. The maximum atomic E-state index is 3.51. The quantitative estimate of drug-likeness (QED) is 0.793. The van der Waals surface area contributed by atoms with Crippen molar-refractivity contribution in [3.63, 3.8) is 0 Å². The van der Waals surface area contributed by atoms with Crippen LogP contribution >= 0.6 is 0 Å². The molecule has 3 rings (SSSR count). The van der Waals surface area contributed by atoms with E-state index in [-0.39, 0.29) is 0 Å². The van der Waals surface area contributed by atoms with Gasteiger partial charge in [0.1, 0.15) is 0 Å². The second-order valence-electron chi connectivity index (χ2n) is 5.17. The first kappa shape index (κ1) is 9.41. The molecule has 0 aromatic heterocycles. The third-order valence-electron chi connectivity index (χ3n) is 4.28. The van der Waals surface area contributed by atoms with Crippen molar-refractivity contribution >= 4 is 0 Å². The predicted octanol–water partition coefficient (Wildman–Crippen LogP) is 2.86. The molecule has 0 spiro atoms. The molecule has 1 saturated carbocycles. The Morgan fingerprint density at radius 2 is 2.13 bits per heavy atom. The number of hydrogen-bond donors (Lipinski definition) is 1. The average molecular weight is 201 g/mol. The Balaban J connectivity index is 1.79. The zero-order valence-corrected chi connectivity index (χ0v) is 9.42. The lowest BCUT2D eigenvalue weighted by atomic mass is 9.92. The molecule has 1 aromatic carbocycles. The topological polar surface area (TPSA) is 12.0 Å². The largest absolute Gasteiger partial charge is 0.314 e. The van der Waals surface area contributed by atoms with E-state index in [2.05, 4.69) is 36.6 Å². The van der Waals surface area contributed by atoms with Crippen molar-refractivity contribution in [2.75, 3.05) is 7.05 Å². The van der Waals surface area contributed by atoms with Gasteiger partial charge in [0.05, 0.1) is 0 Å². The van der Waals surface area contributed by atoms with Gasteiger partial charge in [-0.3, -0.25) is 0 Å². The molecule has 0 aliphatic heterocycles. The minimum Gasteiger partial charge on any atom is -0.314 e. The number of aryl methyl sites for hydroxylation is 1. The number of benzene rings is 1. The highest BCUT2D eigenvalue weighted by Crippen LogP contribution is 2.47. The van der Waals surface area contributed by atoms with Crippen molar-refractivity contribution in [3.05, 3.63) is 35.4 Å². The van der Waals surface area contributed by atoms with Crippen LogP contribution in [0.5, 0.6) is 0 Å². The monoisotopic (exact) mass is 201 g/mol. The van der Waals surface area contributed by atoms with Crippen molar-refractivity contribution in [1.29, 1.82) is 0 Å². The molecule has 0 radical (unpaired) electrons. The lowest BCUT2D eigenvalue weighted by Crippen LogP contribution is -2.28. The summed E-state index contributed by atoms with van der Waals surface area (Å²) in [7, 11) is 2.12. The molecule has 2 aliphatic carbocycles. The van der Waals surface area contributed by atoms with Crippen LogP contribution in [-0.4, -0.2) is 12.6 Å². The number of rotatable bonds is 3. The van der Waals surface area contributed by atoms with Gasteiger partial charge in [0, 0.05) is 5.54 Å². The Labute approximate surface area is 91.9 Å². The van der Waals surface area contributed by atoms with E-state index in [9.17, 15) is 0 Å². The van der Waals surface area contributed by atoms with Crippen molar-refractivity contribution < 1.29 is 0 Å². The molecule has 1 unspecified atom stereocenters. The fraction of sp³-hybridized carbons (Fsp3) is 0.571. The second-order valence-corrected chi connectivity index (χ2v) is 5.17.